The molecule has 0 spiro atoms. The number of nitrogens with one attached hydrogen (secondary N) is 2. The van der Waals surface area contributed by atoms with E-state index in [1.807, 2.05) is 12.1 Å². The monoisotopic (exact) mass is 448 g/mol. The highest BCUT2D eigenvalue weighted by Gasteiger charge is 2.12. The third-order valence-corrected chi connectivity index (χ3v) is 4.53. The van der Waals surface area contributed by atoms with E-state index in [0.29, 0.717) is 28.3 Å². The number of para-hydroxylation sites is 3. The molecule has 0 heterocycles. The second-order valence-corrected chi connectivity index (χ2v) is 6.95. The minimum Gasteiger partial charge on any atom is -0.493 e. The molecule has 0 saturated heterocycles. The van der Waals surface area contributed by atoms with Crippen LogP contribution in [0.25, 0.3) is 0 Å². The molecule has 3 rings (SSSR count). The van der Waals surface area contributed by atoms with E-state index in [2.05, 4.69) is 10.6 Å². The van der Waals surface area contributed by atoms with Crippen molar-refractivity contribution in [2.75, 3.05) is 19.0 Å². The first-order valence-corrected chi connectivity index (χ1v) is 10.2. The van der Waals surface area contributed by atoms with Gasteiger partial charge in [-0.3, -0.25) is 14.4 Å². The highest BCUT2D eigenvalue weighted by molar-refractivity contribution is 6.05. The largest absolute Gasteiger partial charge is 0.493 e. The van der Waals surface area contributed by atoms with Crippen LogP contribution in [0.4, 0.5) is 5.69 Å². The number of carbonyl (C=O) groups is 3. The first kappa shape index (κ1) is 23.3. The van der Waals surface area contributed by atoms with Gasteiger partial charge in [-0.2, -0.15) is 0 Å². The fourth-order valence-corrected chi connectivity index (χ4v) is 2.98. The van der Waals surface area contributed by atoms with Crippen LogP contribution in [-0.4, -0.2) is 31.5 Å². The zero-order chi connectivity index (χ0) is 23.6. The predicted octanol–water partition coefficient (Wildman–Crippen LogP) is 3.57. The Morgan fingerprint density at radius 2 is 1.61 bits per heavy atom. The van der Waals surface area contributed by atoms with E-state index in [1.54, 1.807) is 54.6 Å². The van der Waals surface area contributed by atoms with Gasteiger partial charge in [-0.1, -0.05) is 36.4 Å². The number of hydrogen-bond donors (Lipinski definition) is 2. The zero-order valence-electron chi connectivity index (χ0n) is 18.3. The Balaban J connectivity index is 1.59. The Morgan fingerprint density at radius 3 is 2.36 bits per heavy atom. The maximum Gasteiger partial charge on any atom is 0.308 e. The van der Waals surface area contributed by atoms with Gasteiger partial charge in [-0.05, 0) is 42.0 Å². The summed E-state index contributed by atoms with van der Waals surface area (Å²) in [6, 6.07) is 20.5. The van der Waals surface area contributed by atoms with Gasteiger partial charge < -0.3 is 24.8 Å². The first-order chi connectivity index (χ1) is 16.0. The van der Waals surface area contributed by atoms with Crippen LogP contribution in [0.1, 0.15) is 22.8 Å². The molecule has 0 aromatic heterocycles. The third kappa shape index (κ3) is 6.83. The van der Waals surface area contributed by atoms with Crippen LogP contribution in [0, 0.1) is 0 Å². The van der Waals surface area contributed by atoms with Crippen molar-refractivity contribution >= 4 is 23.5 Å². The minimum atomic E-state index is -0.469. The quantitative estimate of drug-likeness (QED) is 0.383. The lowest BCUT2D eigenvalue weighted by molar-refractivity contribution is -0.131. The van der Waals surface area contributed by atoms with Crippen molar-refractivity contribution in [2.24, 2.45) is 0 Å². The standard InChI is InChI=1S/C25H24N2O6/c1-17(28)33-20-10-7-9-18(14-20)25(30)27-21-11-4-3-8-19(21)15-26-24(29)16-32-23-13-6-5-12-22(23)31-2/h3-14H,15-16H2,1-2H3,(H,26,29)(H,27,30). The normalized spacial score (nSPS) is 10.1. The smallest absolute Gasteiger partial charge is 0.308 e. The lowest BCUT2D eigenvalue weighted by Crippen LogP contribution is -2.29. The molecule has 0 unspecified atom stereocenters. The summed E-state index contributed by atoms with van der Waals surface area (Å²) in [5.41, 5.74) is 1.59. The zero-order valence-corrected chi connectivity index (χ0v) is 18.3. The molecule has 3 aromatic rings. The van der Waals surface area contributed by atoms with Gasteiger partial charge in [-0.25, -0.2) is 0 Å². The molecule has 0 aliphatic carbocycles. The molecule has 170 valence electrons. The van der Waals surface area contributed by atoms with Gasteiger partial charge in [0.05, 0.1) is 7.11 Å². The van der Waals surface area contributed by atoms with E-state index in [0.717, 1.165) is 0 Å². The summed E-state index contributed by atoms with van der Waals surface area (Å²) in [7, 11) is 1.53. The van der Waals surface area contributed by atoms with Gasteiger partial charge in [0.25, 0.3) is 11.8 Å². The molecule has 0 aliphatic heterocycles. The fourth-order valence-electron chi connectivity index (χ4n) is 2.98. The summed E-state index contributed by atoms with van der Waals surface area (Å²) in [6.07, 6.45) is 0. The number of anilines is 1. The number of ether oxygens (including phenoxy) is 3. The molecule has 2 N–H and O–H groups in total. The number of esters is 1. The average molecular weight is 448 g/mol. The highest BCUT2D eigenvalue weighted by Crippen LogP contribution is 2.25. The molecule has 0 saturated carbocycles. The Hall–Kier alpha value is -4.33. The van der Waals surface area contributed by atoms with Gasteiger partial charge >= 0.3 is 5.97 Å². The van der Waals surface area contributed by atoms with Crippen molar-refractivity contribution in [1.82, 2.24) is 5.32 Å². The van der Waals surface area contributed by atoms with Crippen molar-refractivity contribution in [1.29, 1.82) is 0 Å². The SMILES string of the molecule is COc1ccccc1OCC(=O)NCc1ccccc1NC(=O)c1cccc(OC(C)=O)c1. The fraction of sp³-hybridized carbons (Fsp3) is 0.160. The van der Waals surface area contributed by atoms with Crippen LogP contribution in [0.3, 0.4) is 0 Å². The van der Waals surface area contributed by atoms with Gasteiger partial charge in [0.15, 0.2) is 18.1 Å². The van der Waals surface area contributed by atoms with E-state index < -0.39 is 5.97 Å². The van der Waals surface area contributed by atoms with Crippen molar-refractivity contribution in [2.45, 2.75) is 13.5 Å². The van der Waals surface area contributed by atoms with Crippen molar-refractivity contribution < 1.29 is 28.6 Å². The van der Waals surface area contributed by atoms with Crippen LogP contribution in [0.15, 0.2) is 72.8 Å². The molecule has 0 fully saturated rings. The maximum atomic E-state index is 12.7. The molecule has 8 heteroatoms. The first-order valence-electron chi connectivity index (χ1n) is 10.2. The van der Waals surface area contributed by atoms with E-state index in [-0.39, 0.29) is 30.7 Å². The van der Waals surface area contributed by atoms with Crippen LogP contribution in [-0.2, 0) is 16.1 Å². The van der Waals surface area contributed by atoms with Crippen LogP contribution in [0.5, 0.6) is 17.2 Å². The summed E-state index contributed by atoms with van der Waals surface area (Å²) < 4.78 is 15.8. The Labute approximate surface area is 191 Å². The summed E-state index contributed by atoms with van der Waals surface area (Å²) in [5, 5.41) is 5.60. The van der Waals surface area contributed by atoms with Crippen LogP contribution >= 0.6 is 0 Å². The number of amides is 2. The summed E-state index contributed by atoms with van der Waals surface area (Å²) in [6.45, 7) is 1.30. The van der Waals surface area contributed by atoms with E-state index in [1.165, 1.54) is 20.1 Å². The average Bonchev–Trinajstić information content (AvgIpc) is 2.82. The van der Waals surface area contributed by atoms with Crippen LogP contribution < -0.4 is 24.8 Å². The minimum absolute atomic E-state index is 0.183. The number of benzene rings is 3. The van der Waals surface area contributed by atoms with E-state index in [9.17, 15) is 14.4 Å². The lowest BCUT2D eigenvalue weighted by atomic mass is 10.1. The second-order valence-electron chi connectivity index (χ2n) is 6.95. The third-order valence-electron chi connectivity index (χ3n) is 4.53. The Bertz CT molecular complexity index is 1150. The van der Waals surface area contributed by atoms with Gasteiger partial charge in [0.1, 0.15) is 5.75 Å². The predicted molar refractivity (Wildman–Crippen MR) is 122 cm³/mol. The molecule has 0 atom stereocenters. The van der Waals surface area contributed by atoms with Gasteiger partial charge in [0, 0.05) is 24.7 Å². The number of hydrogen-bond acceptors (Lipinski definition) is 6. The Kier molecular flexibility index (Phi) is 8.02. The molecule has 2 amide bonds. The molecule has 3 aromatic carbocycles. The topological polar surface area (TPSA) is 103 Å². The summed E-state index contributed by atoms with van der Waals surface area (Å²) in [5.74, 6) is 0.127. The molecular weight excluding hydrogens is 424 g/mol. The van der Waals surface area contributed by atoms with E-state index in [4.69, 9.17) is 14.2 Å². The van der Waals surface area contributed by atoms with Crippen molar-refractivity contribution in [3.8, 4) is 17.2 Å². The summed E-state index contributed by atoms with van der Waals surface area (Å²) in [4.78, 5) is 36.1. The number of rotatable bonds is 9. The molecule has 8 nitrogen and oxygen atoms in total. The Morgan fingerprint density at radius 1 is 0.879 bits per heavy atom. The molecule has 0 aliphatic rings. The molecule has 33 heavy (non-hydrogen) atoms. The highest BCUT2D eigenvalue weighted by atomic mass is 16.5. The van der Waals surface area contributed by atoms with Crippen molar-refractivity contribution in [3.63, 3.8) is 0 Å². The van der Waals surface area contributed by atoms with Gasteiger partial charge in [-0.15, -0.1) is 0 Å². The molecular formula is C25H24N2O6. The van der Waals surface area contributed by atoms with Crippen molar-refractivity contribution in [3.05, 3.63) is 83.9 Å². The lowest BCUT2D eigenvalue weighted by Gasteiger charge is -2.13. The number of methoxy groups -OCH3 is 1. The van der Waals surface area contributed by atoms with Crippen LogP contribution in [0.2, 0.25) is 0 Å². The second kappa shape index (κ2) is 11.3. The van der Waals surface area contributed by atoms with E-state index >= 15 is 0 Å². The molecule has 0 bridgehead atoms. The van der Waals surface area contributed by atoms with Gasteiger partial charge in [0.2, 0.25) is 0 Å². The summed E-state index contributed by atoms with van der Waals surface area (Å²) >= 11 is 0. The number of carbonyl (C=O) groups excluding carboxylic acids is 3. The molecule has 0 radical (unpaired) electrons. The maximum absolute atomic E-state index is 12.7.